The molecule has 3 unspecified atom stereocenters. The van der Waals surface area contributed by atoms with Gasteiger partial charge in [-0.25, -0.2) is 14.3 Å². The normalized spacial score (nSPS) is 27.3. The van der Waals surface area contributed by atoms with Crippen molar-refractivity contribution in [1.82, 2.24) is 15.7 Å². The number of benzene rings is 1. The summed E-state index contributed by atoms with van der Waals surface area (Å²) in [6, 6.07) is 4.49. The van der Waals surface area contributed by atoms with Crippen LogP contribution in [0.2, 0.25) is 0 Å². The fourth-order valence-electron chi connectivity index (χ4n) is 5.02. The van der Waals surface area contributed by atoms with Gasteiger partial charge >= 0.3 is 0 Å². The first-order valence-electron chi connectivity index (χ1n) is 11.9. The van der Waals surface area contributed by atoms with Gasteiger partial charge in [-0.05, 0) is 81.9 Å². The van der Waals surface area contributed by atoms with Crippen molar-refractivity contribution in [3.63, 3.8) is 0 Å². The Labute approximate surface area is 198 Å². The fraction of sp³-hybridized carbons (Fsp3) is 0.520. The molecule has 1 aromatic rings. The lowest BCUT2D eigenvalue weighted by Crippen LogP contribution is -2.43. The first kappa shape index (κ1) is 24.5. The van der Waals surface area contributed by atoms with Crippen LogP contribution in [0.4, 0.5) is 8.78 Å². The van der Waals surface area contributed by atoms with Crippen LogP contribution in [-0.2, 0) is 9.59 Å². The van der Waals surface area contributed by atoms with Gasteiger partial charge in [-0.2, -0.15) is 0 Å². The maximum absolute atomic E-state index is 13.5. The Morgan fingerprint density at radius 1 is 1.21 bits per heavy atom. The van der Waals surface area contributed by atoms with Crippen LogP contribution in [0.15, 0.2) is 42.0 Å². The van der Waals surface area contributed by atoms with Crippen LogP contribution in [0.5, 0.6) is 0 Å². The number of nitrogens with one attached hydrogen (secondary N) is 2. The molecule has 0 aromatic heterocycles. The number of carbonyl (C=O) groups excluding carboxylic acids is 2. The van der Waals surface area contributed by atoms with E-state index in [0.29, 0.717) is 30.4 Å². The highest BCUT2D eigenvalue weighted by Gasteiger charge is 2.39. The zero-order valence-electron chi connectivity index (χ0n) is 19.1. The molecule has 1 aromatic carbocycles. The van der Waals surface area contributed by atoms with Crippen molar-refractivity contribution >= 4 is 11.8 Å². The summed E-state index contributed by atoms with van der Waals surface area (Å²) >= 11 is 0. The van der Waals surface area contributed by atoms with Gasteiger partial charge in [0, 0.05) is 17.5 Å². The Bertz CT molecular complexity index is 990. The molecule has 9 heteroatoms. The topological polar surface area (TPSA) is 108 Å². The van der Waals surface area contributed by atoms with E-state index in [9.17, 15) is 18.4 Å². The van der Waals surface area contributed by atoms with E-state index in [1.165, 1.54) is 12.1 Å². The smallest absolute Gasteiger partial charge is 0.274 e. The average molecular weight is 475 g/mol. The third-order valence-electron chi connectivity index (χ3n) is 7.53. The average Bonchev–Trinajstić information content (AvgIpc) is 3.63. The van der Waals surface area contributed by atoms with E-state index >= 15 is 0 Å². The van der Waals surface area contributed by atoms with Gasteiger partial charge in [0.2, 0.25) is 5.91 Å². The summed E-state index contributed by atoms with van der Waals surface area (Å²) in [4.78, 5) is 26.1. The fourth-order valence-corrected chi connectivity index (χ4v) is 5.02. The van der Waals surface area contributed by atoms with Crippen molar-refractivity contribution in [2.75, 3.05) is 26.2 Å². The van der Waals surface area contributed by atoms with E-state index in [0.717, 1.165) is 51.0 Å². The van der Waals surface area contributed by atoms with Crippen LogP contribution in [-0.4, -0.2) is 54.1 Å². The Morgan fingerprint density at radius 2 is 1.97 bits per heavy atom. The van der Waals surface area contributed by atoms with Crippen molar-refractivity contribution < 1.29 is 23.6 Å². The van der Waals surface area contributed by atoms with Gasteiger partial charge in [-0.3, -0.25) is 14.8 Å². The zero-order valence-corrected chi connectivity index (χ0v) is 19.1. The van der Waals surface area contributed by atoms with Gasteiger partial charge in [0.05, 0.1) is 5.41 Å². The van der Waals surface area contributed by atoms with Crippen molar-refractivity contribution in [2.24, 2.45) is 17.1 Å². The third-order valence-corrected chi connectivity index (χ3v) is 7.53. The number of hydrogen-bond acceptors (Lipinski definition) is 5. The van der Waals surface area contributed by atoms with Crippen LogP contribution in [0.1, 0.15) is 43.6 Å². The second kappa shape index (κ2) is 10.3. The molecule has 3 aliphatic rings. The van der Waals surface area contributed by atoms with Gasteiger partial charge < -0.3 is 16.0 Å². The largest absolute Gasteiger partial charge is 0.369 e. The molecule has 7 nitrogen and oxygen atoms in total. The molecular formula is C25H32F2N4O3. The summed E-state index contributed by atoms with van der Waals surface area (Å²) in [7, 11) is 0. The Balaban J connectivity index is 1.18. The minimum atomic E-state index is -0.821. The molecule has 1 aliphatic heterocycles. The van der Waals surface area contributed by atoms with Crippen LogP contribution < -0.4 is 16.5 Å². The molecule has 1 saturated heterocycles. The lowest BCUT2D eigenvalue weighted by atomic mass is 9.76. The first-order chi connectivity index (χ1) is 16.3. The summed E-state index contributed by atoms with van der Waals surface area (Å²) < 4.78 is 26.6. The Kier molecular flexibility index (Phi) is 7.45. The molecule has 1 heterocycles. The number of halogens is 2. The first-order valence-corrected chi connectivity index (χ1v) is 11.9. The number of carbonyl (C=O) groups is 2. The van der Waals surface area contributed by atoms with Crippen LogP contribution >= 0.6 is 0 Å². The van der Waals surface area contributed by atoms with E-state index < -0.39 is 28.9 Å². The predicted molar refractivity (Wildman–Crippen MR) is 123 cm³/mol. The standard InChI is InChI=1S/C25H32F2N4O3/c26-20-2-1-18(13-21(20)27)19-14-22(19)29-15-16-5-10-31(11-6-16)12-9-25(24(28)33)7-3-17(4-8-25)23(32)30-34/h1-4,7,13,16,19,22,29,34H,5-6,8-12,14-15H2,(H2,28,33)(H,30,32). The van der Waals surface area contributed by atoms with Gasteiger partial charge in [-0.1, -0.05) is 24.3 Å². The molecule has 184 valence electrons. The minimum absolute atomic E-state index is 0.252. The molecule has 2 fully saturated rings. The summed E-state index contributed by atoms with van der Waals surface area (Å²) in [5.74, 6) is -1.80. The Morgan fingerprint density at radius 3 is 2.59 bits per heavy atom. The van der Waals surface area contributed by atoms with Crippen LogP contribution in [0, 0.1) is 23.0 Å². The summed E-state index contributed by atoms with van der Waals surface area (Å²) in [6.45, 7) is 3.53. The highest BCUT2D eigenvalue weighted by Crippen LogP contribution is 2.41. The molecule has 4 rings (SSSR count). The molecule has 0 radical (unpaired) electrons. The van der Waals surface area contributed by atoms with Crippen LogP contribution in [0.25, 0.3) is 0 Å². The lowest BCUT2D eigenvalue weighted by molar-refractivity contribution is -0.127. The zero-order chi connectivity index (χ0) is 24.3. The van der Waals surface area contributed by atoms with Crippen molar-refractivity contribution in [1.29, 1.82) is 0 Å². The van der Waals surface area contributed by atoms with E-state index in [1.807, 2.05) is 0 Å². The SMILES string of the molecule is NC(=O)C1(CCN2CCC(CNC3CC3c3ccc(F)c(F)c3)CC2)C=CC(C(=O)NO)=CC1. The van der Waals surface area contributed by atoms with Crippen molar-refractivity contribution in [3.05, 3.63) is 59.2 Å². The highest BCUT2D eigenvalue weighted by molar-refractivity contribution is 5.96. The second-order valence-corrected chi connectivity index (χ2v) is 9.72. The number of primary amides is 1. The van der Waals surface area contributed by atoms with Crippen LogP contribution in [0.3, 0.4) is 0 Å². The summed E-state index contributed by atoms with van der Waals surface area (Å²) in [6.07, 6.45) is 8.83. The quantitative estimate of drug-likeness (QED) is 0.325. The third kappa shape index (κ3) is 5.54. The Hall–Kier alpha value is -2.62. The van der Waals surface area contributed by atoms with E-state index in [2.05, 4.69) is 10.2 Å². The number of allylic oxidation sites excluding steroid dienone is 1. The number of nitrogens with two attached hydrogens (primary N) is 1. The van der Waals surface area contributed by atoms with Crippen molar-refractivity contribution in [2.45, 2.75) is 44.1 Å². The summed E-state index contributed by atoms with van der Waals surface area (Å²) in [5, 5.41) is 12.4. The van der Waals surface area contributed by atoms with E-state index in [-0.39, 0.29) is 5.92 Å². The minimum Gasteiger partial charge on any atom is -0.369 e. The molecule has 0 bridgehead atoms. The van der Waals surface area contributed by atoms with E-state index in [1.54, 1.807) is 29.8 Å². The number of nitrogens with zero attached hydrogens (tertiary/aromatic N) is 1. The lowest BCUT2D eigenvalue weighted by Gasteiger charge is -2.35. The van der Waals surface area contributed by atoms with Gasteiger partial charge in [0.1, 0.15) is 0 Å². The predicted octanol–water partition coefficient (Wildman–Crippen LogP) is 2.38. The molecule has 5 N–H and O–H groups in total. The maximum atomic E-state index is 13.5. The van der Waals surface area contributed by atoms with Gasteiger partial charge in [0.15, 0.2) is 11.6 Å². The molecule has 2 amide bonds. The van der Waals surface area contributed by atoms with Gasteiger partial charge in [0.25, 0.3) is 5.91 Å². The summed E-state index contributed by atoms with van der Waals surface area (Å²) in [5.41, 5.74) is 7.65. The number of amides is 2. The van der Waals surface area contributed by atoms with Crippen molar-refractivity contribution in [3.8, 4) is 0 Å². The number of piperidine rings is 1. The second-order valence-electron chi connectivity index (χ2n) is 9.72. The molecule has 0 spiro atoms. The number of hydrogen-bond donors (Lipinski definition) is 4. The molecular weight excluding hydrogens is 442 g/mol. The molecule has 1 saturated carbocycles. The molecule has 34 heavy (non-hydrogen) atoms. The van der Waals surface area contributed by atoms with E-state index in [4.69, 9.17) is 10.9 Å². The molecule has 2 aliphatic carbocycles. The highest BCUT2D eigenvalue weighted by atomic mass is 19.2. The van der Waals surface area contributed by atoms with Gasteiger partial charge in [-0.15, -0.1) is 0 Å². The maximum Gasteiger partial charge on any atom is 0.274 e. The number of rotatable bonds is 9. The number of hydroxylamine groups is 1. The monoisotopic (exact) mass is 474 g/mol. The number of likely N-dealkylation sites (tertiary alicyclic amines) is 1. The molecule has 3 atom stereocenters.